The average molecular weight is 374 g/mol. The first-order valence-electron chi connectivity index (χ1n) is 8.05. The zero-order chi connectivity index (χ0) is 17.9. The minimum Gasteiger partial charge on any atom is -0.298 e. The Hall–Kier alpha value is -2.82. The third kappa shape index (κ3) is 3.29. The van der Waals surface area contributed by atoms with Gasteiger partial charge in [0.05, 0.1) is 0 Å². The summed E-state index contributed by atoms with van der Waals surface area (Å²) in [6.45, 7) is 0. The zero-order valence-corrected chi connectivity index (χ0v) is 15.3. The highest BCUT2D eigenvalue weighted by molar-refractivity contribution is 7.14. The number of benzene rings is 2. The van der Waals surface area contributed by atoms with Crippen molar-refractivity contribution in [3.63, 3.8) is 0 Å². The number of hydrogen-bond donors (Lipinski definition) is 0. The first kappa shape index (κ1) is 16.6. The van der Waals surface area contributed by atoms with Gasteiger partial charge in [0.25, 0.3) is 0 Å². The average Bonchev–Trinajstić information content (AvgIpc) is 3.38. The largest absolute Gasteiger partial charge is 0.298 e. The second kappa shape index (κ2) is 7.20. The lowest BCUT2D eigenvalue weighted by molar-refractivity contribution is 0.111. The molecular formula is C22H14O2S2. The Morgan fingerprint density at radius 3 is 1.27 bits per heavy atom. The fourth-order valence-corrected chi connectivity index (χ4v) is 4.58. The minimum absolute atomic E-state index is 0.689. The summed E-state index contributed by atoms with van der Waals surface area (Å²) in [4.78, 5) is 23.9. The van der Waals surface area contributed by atoms with Gasteiger partial charge in [0, 0.05) is 20.9 Å². The van der Waals surface area contributed by atoms with Gasteiger partial charge in [0.15, 0.2) is 0 Å². The molecule has 0 aliphatic carbocycles. The highest BCUT2D eigenvalue weighted by Crippen LogP contribution is 2.37. The fraction of sp³-hybridized carbons (Fsp3) is 0. The summed E-state index contributed by atoms with van der Waals surface area (Å²) >= 11 is 3.40. The van der Waals surface area contributed by atoms with Crippen molar-refractivity contribution >= 4 is 35.2 Å². The van der Waals surface area contributed by atoms with E-state index in [0.717, 1.165) is 23.7 Å². The van der Waals surface area contributed by atoms with Gasteiger partial charge in [-0.15, -0.1) is 22.7 Å². The summed E-state index contributed by atoms with van der Waals surface area (Å²) < 4.78 is 0. The molecule has 0 bridgehead atoms. The molecule has 0 atom stereocenters. The molecule has 126 valence electrons. The van der Waals surface area contributed by atoms with Gasteiger partial charge in [-0.05, 0) is 45.1 Å². The van der Waals surface area contributed by atoms with Crippen molar-refractivity contribution in [1.29, 1.82) is 0 Å². The van der Waals surface area contributed by atoms with Crippen molar-refractivity contribution in [3.05, 3.63) is 82.6 Å². The summed E-state index contributed by atoms with van der Waals surface area (Å²) in [7, 11) is 0. The van der Waals surface area contributed by atoms with Gasteiger partial charge in [0.2, 0.25) is 0 Å². The fourth-order valence-electron chi connectivity index (χ4n) is 2.73. The SMILES string of the molecule is O=Cc1ccc(-c2cc(-c3csc(-c4ccc(C=O)cc4)c3)cs2)cc1. The molecule has 2 heterocycles. The van der Waals surface area contributed by atoms with E-state index >= 15 is 0 Å². The summed E-state index contributed by atoms with van der Waals surface area (Å²) in [5, 5.41) is 4.31. The van der Waals surface area contributed by atoms with Crippen molar-refractivity contribution < 1.29 is 9.59 Å². The van der Waals surface area contributed by atoms with E-state index in [2.05, 4.69) is 22.9 Å². The predicted molar refractivity (Wildman–Crippen MR) is 109 cm³/mol. The summed E-state index contributed by atoms with van der Waals surface area (Å²) in [5.41, 5.74) is 5.99. The van der Waals surface area contributed by atoms with E-state index in [-0.39, 0.29) is 0 Å². The van der Waals surface area contributed by atoms with E-state index in [1.165, 1.54) is 20.9 Å². The van der Waals surface area contributed by atoms with Crippen LogP contribution in [-0.4, -0.2) is 12.6 Å². The monoisotopic (exact) mass is 374 g/mol. The van der Waals surface area contributed by atoms with Crippen LogP contribution in [-0.2, 0) is 0 Å². The van der Waals surface area contributed by atoms with Crippen LogP contribution in [0.15, 0.2) is 71.4 Å². The molecule has 0 unspecified atom stereocenters. The van der Waals surface area contributed by atoms with Crippen LogP contribution < -0.4 is 0 Å². The maximum Gasteiger partial charge on any atom is 0.150 e. The molecule has 0 aliphatic rings. The van der Waals surface area contributed by atoms with E-state index in [1.54, 1.807) is 22.7 Å². The Labute approximate surface area is 159 Å². The number of carbonyl (C=O) groups excluding carboxylic acids is 2. The molecule has 0 saturated heterocycles. The normalized spacial score (nSPS) is 10.6. The van der Waals surface area contributed by atoms with Crippen LogP contribution in [0.3, 0.4) is 0 Å². The molecule has 2 aromatic carbocycles. The zero-order valence-electron chi connectivity index (χ0n) is 13.7. The lowest BCUT2D eigenvalue weighted by Crippen LogP contribution is -1.78. The molecule has 0 radical (unpaired) electrons. The lowest BCUT2D eigenvalue weighted by Gasteiger charge is -1.97. The van der Waals surface area contributed by atoms with Gasteiger partial charge >= 0.3 is 0 Å². The molecular weight excluding hydrogens is 360 g/mol. The number of thiophene rings is 2. The van der Waals surface area contributed by atoms with Gasteiger partial charge in [0.1, 0.15) is 12.6 Å². The van der Waals surface area contributed by atoms with E-state index in [9.17, 15) is 9.59 Å². The molecule has 0 aliphatic heterocycles. The topological polar surface area (TPSA) is 34.1 Å². The molecule has 2 aromatic heterocycles. The third-order valence-electron chi connectivity index (χ3n) is 4.19. The maximum absolute atomic E-state index is 10.8. The van der Waals surface area contributed by atoms with Gasteiger partial charge in [-0.1, -0.05) is 48.5 Å². The summed E-state index contributed by atoms with van der Waals surface area (Å²) in [6.07, 6.45) is 1.72. The molecule has 4 rings (SSSR count). The molecule has 0 amide bonds. The van der Waals surface area contributed by atoms with E-state index in [0.29, 0.717) is 11.1 Å². The Kier molecular flexibility index (Phi) is 4.61. The van der Waals surface area contributed by atoms with Gasteiger partial charge in [-0.3, -0.25) is 9.59 Å². The van der Waals surface area contributed by atoms with E-state index in [4.69, 9.17) is 0 Å². The maximum atomic E-state index is 10.8. The van der Waals surface area contributed by atoms with Crippen LogP contribution in [0.4, 0.5) is 0 Å². The third-order valence-corrected chi connectivity index (χ3v) is 6.15. The van der Waals surface area contributed by atoms with Crippen LogP contribution in [0, 0.1) is 0 Å². The molecule has 4 aromatic rings. The summed E-state index contributed by atoms with van der Waals surface area (Å²) in [6, 6.07) is 19.6. The Morgan fingerprint density at radius 2 is 0.923 bits per heavy atom. The smallest absolute Gasteiger partial charge is 0.150 e. The standard InChI is InChI=1S/C22H14O2S2/c23-11-15-1-5-17(6-2-15)21-9-19(13-25-21)20-10-22(26-14-20)18-7-3-16(12-24)4-8-18/h1-14H. The number of aldehydes is 2. The summed E-state index contributed by atoms with van der Waals surface area (Å²) in [5.74, 6) is 0. The molecule has 4 heteroatoms. The number of rotatable bonds is 5. The first-order chi connectivity index (χ1) is 12.8. The van der Waals surface area contributed by atoms with Crippen LogP contribution in [0.2, 0.25) is 0 Å². The van der Waals surface area contributed by atoms with E-state index < -0.39 is 0 Å². The van der Waals surface area contributed by atoms with Gasteiger partial charge < -0.3 is 0 Å². The van der Waals surface area contributed by atoms with Crippen molar-refractivity contribution in [2.24, 2.45) is 0 Å². The lowest BCUT2D eigenvalue weighted by atomic mass is 10.1. The molecule has 0 spiro atoms. The quantitative estimate of drug-likeness (QED) is 0.377. The van der Waals surface area contributed by atoms with Crippen molar-refractivity contribution in [2.45, 2.75) is 0 Å². The highest BCUT2D eigenvalue weighted by atomic mass is 32.1. The van der Waals surface area contributed by atoms with Crippen LogP contribution in [0.5, 0.6) is 0 Å². The predicted octanol–water partition coefficient (Wildman–Crippen LogP) is 6.44. The molecule has 26 heavy (non-hydrogen) atoms. The Morgan fingerprint density at radius 1 is 0.538 bits per heavy atom. The van der Waals surface area contributed by atoms with Crippen molar-refractivity contribution in [3.8, 4) is 32.0 Å². The highest BCUT2D eigenvalue weighted by Gasteiger charge is 2.08. The van der Waals surface area contributed by atoms with Gasteiger partial charge in [-0.2, -0.15) is 0 Å². The second-order valence-electron chi connectivity index (χ2n) is 5.88. The Balaban J connectivity index is 1.60. The van der Waals surface area contributed by atoms with Crippen molar-refractivity contribution in [1.82, 2.24) is 0 Å². The number of carbonyl (C=O) groups is 2. The van der Waals surface area contributed by atoms with E-state index in [1.807, 2.05) is 48.5 Å². The Bertz CT molecular complexity index is 966. The minimum atomic E-state index is 0.689. The van der Waals surface area contributed by atoms with Crippen LogP contribution >= 0.6 is 22.7 Å². The van der Waals surface area contributed by atoms with Gasteiger partial charge in [-0.25, -0.2) is 0 Å². The molecule has 2 nitrogen and oxygen atoms in total. The molecule has 0 N–H and O–H groups in total. The molecule has 0 fully saturated rings. The second-order valence-corrected chi connectivity index (χ2v) is 7.70. The number of hydrogen-bond acceptors (Lipinski definition) is 4. The molecule has 0 saturated carbocycles. The van der Waals surface area contributed by atoms with Crippen molar-refractivity contribution in [2.75, 3.05) is 0 Å². The van der Waals surface area contributed by atoms with Crippen LogP contribution in [0.25, 0.3) is 32.0 Å². The van der Waals surface area contributed by atoms with Crippen LogP contribution in [0.1, 0.15) is 20.7 Å². The first-order valence-corrected chi connectivity index (χ1v) is 9.81.